The van der Waals surface area contributed by atoms with Crippen LogP contribution in [0.5, 0.6) is 0 Å². The van der Waals surface area contributed by atoms with E-state index in [2.05, 4.69) is 24.1 Å². The third-order valence-corrected chi connectivity index (χ3v) is 6.75. The van der Waals surface area contributed by atoms with Crippen LogP contribution < -0.4 is 5.32 Å². The van der Waals surface area contributed by atoms with E-state index in [1.54, 1.807) is 11.3 Å². The molecule has 0 amide bonds. The molecule has 4 nitrogen and oxygen atoms in total. The number of sulfone groups is 1. The molecule has 2 atom stereocenters. The first-order chi connectivity index (χ1) is 9.85. The minimum absolute atomic E-state index is 0.289. The molecule has 6 heteroatoms. The highest BCUT2D eigenvalue weighted by atomic mass is 32.2. The number of aryl methyl sites for hydroxylation is 1. The average molecular weight is 331 g/mol. The molecular formula is C15H26N2O2S2. The smallest absolute Gasteiger partial charge is 0.150 e. The maximum Gasteiger partial charge on any atom is 0.150 e. The Hall–Kier alpha value is -0.460. The lowest BCUT2D eigenvalue weighted by Gasteiger charge is -2.23. The Morgan fingerprint density at radius 1 is 1.43 bits per heavy atom. The number of nitrogens with one attached hydrogen (secondary N) is 1. The summed E-state index contributed by atoms with van der Waals surface area (Å²) in [7, 11) is -2.81. The van der Waals surface area contributed by atoms with Gasteiger partial charge in [0, 0.05) is 11.1 Å². The molecule has 2 unspecified atom stereocenters. The normalized spacial score (nSPS) is 22.8. The molecule has 2 heterocycles. The average Bonchev–Trinajstić information content (AvgIpc) is 2.93. The van der Waals surface area contributed by atoms with E-state index >= 15 is 0 Å². The molecule has 1 aromatic rings. The highest BCUT2D eigenvalue weighted by molar-refractivity contribution is 7.91. The number of nitrogens with zero attached hydrogens (tertiary/aromatic N) is 1. The van der Waals surface area contributed by atoms with Gasteiger partial charge < -0.3 is 5.32 Å². The molecule has 1 saturated heterocycles. The molecule has 1 fully saturated rings. The Balaban J connectivity index is 1.99. The molecule has 0 aliphatic carbocycles. The van der Waals surface area contributed by atoms with Crippen molar-refractivity contribution in [2.24, 2.45) is 17.8 Å². The van der Waals surface area contributed by atoms with Crippen molar-refractivity contribution >= 4 is 21.2 Å². The molecule has 0 aromatic carbocycles. The van der Waals surface area contributed by atoms with Crippen molar-refractivity contribution in [2.75, 3.05) is 24.6 Å². The summed E-state index contributed by atoms with van der Waals surface area (Å²) >= 11 is 1.73. The van der Waals surface area contributed by atoms with Crippen LogP contribution in [0.3, 0.4) is 0 Å². The number of thiazole rings is 1. The zero-order valence-corrected chi connectivity index (χ0v) is 14.8. The first-order valence-corrected chi connectivity index (χ1v) is 10.3. The lowest BCUT2D eigenvalue weighted by Crippen LogP contribution is -2.32. The van der Waals surface area contributed by atoms with Crippen LogP contribution in [0.2, 0.25) is 0 Å². The van der Waals surface area contributed by atoms with E-state index < -0.39 is 9.84 Å². The topological polar surface area (TPSA) is 59.1 Å². The molecular weight excluding hydrogens is 304 g/mol. The Bertz CT molecular complexity index is 552. The van der Waals surface area contributed by atoms with Crippen molar-refractivity contribution in [3.05, 3.63) is 16.1 Å². The van der Waals surface area contributed by atoms with Gasteiger partial charge in [-0.2, -0.15) is 0 Å². The van der Waals surface area contributed by atoms with Gasteiger partial charge in [0.05, 0.1) is 16.5 Å². The largest absolute Gasteiger partial charge is 0.316 e. The molecule has 21 heavy (non-hydrogen) atoms. The van der Waals surface area contributed by atoms with Crippen molar-refractivity contribution in [1.29, 1.82) is 0 Å². The summed E-state index contributed by atoms with van der Waals surface area (Å²) in [5, 5.41) is 4.59. The van der Waals surface area contributed by atoms with E-state index in [0.29, 0.717) is 23.3 Å². The Morgan fingerprint density at radius 2 is 2.19 bits per heavy atom. The van der Waals surface area contributed by atoms with Crippen LogP contribution in [-0.2, 0) is 16.3 Å². The first kappa shape index (κ1) is 16.9. The number of hydrogen-bond acceptors (Lipinski definition) is 5. The van der Waals surface area contributed by atoms with Crippen LogP contribution in [0.15, 0.2) is 6.20 Å². The number of hydrogen-bond donors (Lipinski definition) is 1. The fraction of sp³-hybridized carbons (Fsp3) is 0.800. The van der Waals surface area contributed by atoms with Crippen LogP contribution in [0.25, 0.3) is 0 Å². The molecule has 1 aliphatic heterocycles. The lowest BCUT2D eigenvalue weighted by atomic mass is 9.88. The summed E-state index contributed by atoms with van der Waals surface area (Å²) in [5.41, 5.74) is 0. The fourth-order valence-electron chi connectivity index (χ4n) is 2.92. The predicted molar refractivity (Wildman–Crippen MR) is 88.5 cm³/mol. The zero-order chi connectivity index (χ0) is 15.5. The van der Waals surface area contributed by atoms with Crippen molar-refractivity contribution in [3.8, 4) is 0 Å². The third-order valence-electron chi connectivity index (χ3n) is 4.03. The highest BCUT2D eigenvalue weighted by Crippen LogP contribution is 2.29. The predicted octanol–water partition coefficient (Wildman–Crippen LogP) is 2.29. The van der Waals surface area contributed by atoms with E-state index in [0.717, 1.165) is 30.9 Å². The summed E-state index contributed by atoms with van der Waals surface area (Å²) in [6, 6.07) is 0. The van der Waals surface area contributed by atoms with Crippen LogP contribution in [0, 0.1) is 24.7 Å². The van der Waals surface area contributed by atoms with Gasteiger partial charge in [0.25, 0.3) is 0 Å². The summed E-state index contributed by atoms with van der Waals surface area (Å²) in [5.74, 6) is 2.01. The van der Waals surface area contributed by atoms with Gasteiger partial charge in [0.1, 0.15) is 0 Å². The van der Waals surface area contributed by atoms with Gasteiger partial charge in [-0.05, 0) is 50.6 Å². The quantitative estimate of drug-likeness (QED) is 0.833. The van der Waals surface area contributed by atoms with E-state index in [1.165, 1.54) is 4.88 Å². The Morgan fingerprint density at radius 3 is 2.71 bits per heavy atom. The third kappa shape index (κ3) is 5.34. The van der Waals surface area contributed by atoms with Crippen molar-refractivity contribution < 1.29 is 8.42 Å². The second-order valence-electron chi connectivity index (χ2n) is 6.53. The van der Waals surface area contributed by atoms with Gasteiger partial charge in [0.2, 0.25) is 0 Å². The standard InChI is InChI=1S/C15H26N2O2S2/c1-11(2)7-16-8-14(6-15-9-17-12(3)20-15)13-4-5-21(18,19)10-13/h9,11,13-14,16H,4-8,10H2,1-3H3. The Labute approximate surface area is 132 Å². The SMILES string of the molecule is Cc1ncc(CC(CNCC(C)C)C2CCS(=O)(=O)C2)s1. The monoisotopic (exact) mass is 330 g/mol. The van der Waals surface area contributed by atoms with Gasteiger partial charge in [-0.15, -0.1) is 11.3 Å². The van der Waals surface area contributed by atoms with E-state index in [-0.39, 0.29) is 5.92 Å². The molecule has 120 valence electrons. The maximum atomic E-state index is 11.8. The molecule has 1 aliphatic rings. The lowest BCUT2D eigenvalue weighted by molar-refractivity contribution is 0.338. The second-order valence-corrected chi connectivity index (χ2v) is 10.1. The van der Waals surface area contributed by atoms with Gasteiger partial charge in [-0.3, -0.25) is 0 Å². The van der Waals surface area contributed by atoms with Crippen molar-refractivity contribution in [3.63, 3.8) is 0 Å². The van der Waals surface area contributed by atoms with Crippen molar-refractivity contribution in [2.45, 2.75) is 33.6 Å². The van der Waals surface area contributed by atoms with Gasteiger partial charge in [-0.1, -0.05) is 13.8 Å². The van der Waals surface area contributed by atoms with Crippen LogP contribution in [-0.4, -0.2) is 38.0 Å². The first-order valence-electron chi connectivity index (χ1n) is 7.68. The van der Waals surface area contributed by atoms with Gasteiger partial charge in [-0.25, -0.2) is 13.4 Å². The molecule has 0 radical (unpaired) electrons. The van der Waals surface area contributed by atoms with Crippen LogP contribution >= 0.6 is 11.3 Å². The molecule has 1 N–H and O–H groups in total. The molecule has 0 bridgehead atoms. The molecule has 0 spiro atoms. The highest BCUT2D eigenvalue weighted by Gasteiger charge is 2.33. The van der Waals surface area contributed by atoms with Crippen molar-refractivity contribution in [1.82, 2.24) is 10.3 Å². The van der Waals surface area contributed by atoms with E-state index in [4.69, 9.17) is 0 Å². The number of aromatic nitrogens is 1. The van der Waals surface area contributed by atoms with E-state index in [9.17, 15) is 8.42 Å². The van der Waals surface area contributed by atoms with Crippen LogP contribution in [0.1, 0.15) is 30.2 Å². The summed E-state index contributed by atoms with van der Waals surface area (Å²) in [6.45, 7) is 8.27. The zero-order valence-electron chi connectivity index (χ0n) is 13.1. The minimum Gasteiger partial charge on any atom is -0.316 e. The minimum atomic E-state index is -2.81. The Kier molecular flexibility index (Phi) is 5.80. The second kappa shape index (κ2) is 7.20. The fourth-order valence-corrected chi connectivity index (χ4v) is 5.72. The summed E-state index contributed by atoms with van der Waals surface area (Å²) < 4.78 is 23.5. The van der Waals surface area contributed by atoms with Crippen LogP contribution in [0.4, 0.5) is 0 Å². The molecule has 2 rings (SSSR count). The summed E-state index contributed by atoms with van der Waals surface area (Å²) in [4.78, 5) is 5.58. The van der Waals surface area contributed by atoms with Gasteiger partial charge >= 0.3 is 0 Å². The van der Waals surface area contributed by atoms with E-state index in [1.807, 2.05) is 13.1 Å². The molecule has 0 saturated carbocycles. The summed E-state index contributed by atoms with van der Waals surface area (Å²) in [6.07, 6.45) is 3.70. The maximum absolute atomic E-state index is 11.8. The van der Waals surface area contributed by atoms with Gasteiger partial charge in [0.15, 0.2) is 9.84 Å². The molecule has 1 aromatic heterocycles. The number of rotatable bonds is 7.